The zero-order valence-corrected chi connectivity index (χ0v) is 11.1. The van der Waals surface area contributed by atoms with Crippen LogP contribution in [-0.4, -0.2) is 19.2 Å². The maximum absolute atomic E-state index is 6.14. The Labute approximate surface area is 103 Å². The Balaban J connectivity index is 2.30. The van der Waals surface area contributed by atoms with Gasteiger partial charge in [-0.05, 0) is 47.0 Å². The molecule has 2 nitrogen and oxygen atoms in total. The summed E-state index contributed by atoms with van der Waals surface area (Å²) >= 11 is 9.66. The second-order valence-electron chi connectivity index (χ2n) is 3.84. The molecule has 1 N–H and O–H groups in total. The van der Waals surface area contributed by atoms with Gasteiger partial charge in [-0.25, -0.2) is 0 Å². The predicted molar refractivity (Wildman–Crippen MR) is 65.9 cm³/mol. The van der Waals surface area contributed by atoms with Gasteiger partial charge in [0.05, 0.1) is 4.47 Å². The molecule has 15 heavy (non-hydrogen) atoms. The van der Waals surface area contributed by atoms with Gasteiger partial charge in [0.25, 0.3) is 0 Å². The second-order valence-corrected chi connectivity index (χ2v) is 5.01. The van der Waals surface area contributed by atoms with Crippen LogP contribution in [0.1, 0.15) is 11.1 Å². The van der Waals surface area contributed by atoms with Crippen LogP contribution in [0.15, 0.2) is 10.5 Å². The fourth-order valence-electron chi connectivity index (χ4n) is 1.51. The molecule has 0 saturated carbocycles. The van der Waals surface area contributed by atoms with Crippen LogP contribution in [0.5, 0.6) is 5.75 Å². The molecule has 0 radical (unpaired) electrons. The molecule has 0 aliphatic carbocycles. The number of ether oxygens (including phenoxy) is 1. The van der Waals surface area contributed by atoms with Crippen LogP contribution >= 0.6 is 27.5 Å². The summed E-state index contributed by atoms with van der Waals surface area (Å²) in [5.74, 6) is 0.890. The average molecular weight is 291 g/mol. The van der Waals surface area contributed by atoms with Crippen LogP contribution in [0, 0.1) is 13.8 Å². The van der Waals surface area contributed by atoms with Gasteiger partial charge < -0.3 is 10.1 Å². The first-order chi connectivity index (χ1) is 7.09. The Kier molecular flexibility index (Phi) is 3.24. The number of halogens is 2. The van der Waals surface area contributed by atoms with E-state index in [1.807, 2.05) is 19.9 Å². The fourth-order valence-corrected chi connectivity index (χ4v) is 2.18. The van der Waals surface area contributed by atoms with Crippen molar-refractivity contribution in [1.29, 1.82) is 0 Å². The van der Waals surface area contributed by atoms with Gasteiger partial charge in [-0.2, -0.15) is 0 Å². The minimum atomic E-state index is 0.293. The summed E-state index contributed by atoms with van der Waals surface area (Å²) in [7, 11) is 0. The molecule has 1 saturated heterocycles. The maximum Gasteiger partial charge on any atom is 0.134 e. The summed E-state index contributed by atoms with van der Waals surface area (Å²) in [6.07, 6.45) is 0.293. The Morgan fingerprint density at radius 1 is 1.47 bits per heavy atom. The van der Waals surface area contributed by atoms with E-state index in [0.717, 1.165) is 39.5 Å². The first-order valence-corrected chi connectivity index (χ1v) is 6.09. The van der Waals surface area contributed by atoms with E-state index in [1.165, 1.54) is 0 Å². The number of hydrogen-bond acceptors (Lipinski definition) is 2. The minimum Gasteiger partial charge on any atom is -0.487 e. The van der Waals surface area contributed by atoms with Crippen molar-refractivity contribution in [1.82, 2.24) is 5.32 Å². The smallest absolute Gasteiger partial charge is 0.134 e. The molecule has 1 aromatic rings. The van der Waals surface area contributed by atoms with Crippen LogP contribution in [0.25, 0.3) is 0 Å². The molecule has 0 bridgehead atoms. The molecule has 1 aliphatic rings. The van der Waals surface area contributed by atoms with Crippen molar-refractivity contribution in [2.45, 2.75) is 20.0 Å². The molecule has 4 heteroatoms. The van der Waals surface area contributed by atoms with Crippen molar-refractivity contribution < 1.29 is 4.74 Å². The number of aryl methyl sites for hydroxylation is 1. The van der Waals surface area contributed by atoms with E-state index in [-0.39, 0.29) is 0 Å². The molecule has 1 aliphatic heterocycles. The molecule has 0 unspecified atom stereocenters. The molecule has 0 aromatic heterocycles. The monoisotopic (exact) mass is 289 g/mol. The third-order valence-corrected chi connectivity index (χ3v) is 4.17. The van der Waals surface area contributed by atoms with Crippen molar-refractivity contribution in [3.8, 4) is 5.75 Å². The molecule has 0 amide bonds. The minimum absolute atomic E-state index is 0.293. The molecule has 1 aromatic carbocycles. The van der Waals surface area contributed by atoms with E-state index in [9.17, 15) is 0 Å². The normalized spacial score (nSPS) is 16.3. The molecule has 2 rings (SSSR count). The SMILES string of the molecule is Cc1cc(OC2CNC2)c(Br)c(C)c1Cl. The van der Waals surface area contributed by atoms with Crippen molar-refractivity contribution >= 4 is 27.5 Å². The fraction of sp³-hybridized carbons (Fsp3) is 0.455. The maximum atomic E-state index is 6.14. The lowest BCUT2D eigenvalue weighted by Crippen LogP contribution is -2.50. The molecular formula is C11H13BrClNO. The van der Waals surface area contributed by atoms with Gasteiger partial charge in [0.15, 0.2) is 0 Å². The second kappa shape index (κ2) is 4.32. The van der Waals surface area contributed by atoms with E-state index in [2.05, 4.69) is 21.2 Å². The lowest BCUT2D eigenvalue weighted by molar-refractivity contribution is 0.141. The molecule has 1 heterocycles. The molecule has 0 spiro atoms. The van der Waals surface area contributed by atoms with Gasteiger partial charge in [0, 0.05) is 18.1 Å². The molecular weight excluding hydrogens is 277 g/mol. The predicted octanol–water partition coefficient (Wildman–Crippen LogP) is 3.07. The van der Waals surface area contributed by atoms with Gasteiger partial charge in [0.1, 0.15) is 11.9 Å². The lowest BCUT2D eigenvalue weighted by atomic mass is 10.1. The Hall–Kier alpha value is -0.250. The summed E-state index contributed by atoms with van der Waals surface area (Å²) in [4.78, 5) is 0. The summed E-state index contributed by atoms with van der Waals surface area (Å²) in [6, 6.07) is 1.98. The number of hydrogen-bond donors (Lipinski definition) is 1. The van der Waals surface area contributed by atoms with E-state index in [4.69, 9.17) is 16.3 Å². The Morgan fingerprint density at radius 3 is 2.67 bits per heavy atom. The topological polar surface area (TPSA) is 21.3 Å². The molecule has 1 fully saturated rings. The average Bonchev–Trinajstić information content (AvgIpc) is 2.15. The Bertz CT molecular complexity index is 391. The van der Waals surface area contributed by atoms with Gasteiger partial charge in [0.2, 0.25) is 0 Å². The third-order valence-electron chi connectivity index (χ3n) is 2.61. The zero-order valence-electron chi connectivity index (χ0n) is 8.73. The summed E-state index contributed by atoms with van der Waals surface area (Å²) in [5.41, 5.74) is 2.10. The Morgan fingerprint density at radius 2 is 2.13 bits per heavy atom. The van der Waals surface area contributed by atoms with E-state index in [1.54, 1.807) is 0 Å². The van der Waals surface area contributed by atoms with E-state index >= 15 is 0 Å². The van der Waals surface area contributed by atoms with Crippen LogP contribution < -0.4 is 10.1 Å². The van der Waals surface area contributed by atoms with Gasteiger partial charge >= 0.3 is 0 Å². The van der Waals surface area contributed by atoms with Gasteiger partial charge in [-0.15, -0.1) is 0 Å². The highest BCUT2D eigenvalue weighted by Crippen LogP contribution is 2.36. The van der Waals surface area contributed by atoms with E-state index in [0.29, 0.717) is 6.10 Å². The number of nitrogens with one attached hydrogen (secondary N) is 1. The largest absolute Gasteiger partial charge is 0.487 e. The van der Waals surface area contributed by atoms with Gasteiger partial charge in [-0.1, -0.05) is 11.6 Å². The number of benzene rings is 1. The molecule has 82 valence electrons. The zero-order chi connectivity index (χ0) is 11.0. The van der Waals surface area contributed by atoms with Crippen molar-refractivity contribution in [2.75, 3.05) is 13.1 Å². The highest BCUT2D eigenvalue weighted by atomic mass is 79.9. The van der Waals surface area contributed by atoms with Crippen LogP contribution in [0.3, 0.4) is 0 Å². The van der Waals surface area contributed by atoms with Crippen molar-refractivity contribution in [2.24, 2.45) is 0 Å². The first kappa shape index (κ1) is 11.2. The van der Waals surface area contributed by atoms with Crippen LogP contribution in [0.2, 0.25) is 5.02 Å². The van der Waals surface area contributed by atoms with Crippen molar-refractivity contribution in [3.63, 3.8) is 0 Å². The molecule has 0 atom stereocenters. The standard InChI is InChI=1S/C11H13BrClNO/c1-6-3-9(15-8-4-14-5-8)10(12)7(2)11(6)13/h3,8,14H,4-5H2,1-2H3. The van der Waals surface area contributed by atoms with Crippen LogP contribution in [-0.2, 0) is 0 Å². The quantitative estimate of drug-likeness (QED) is 0.904. The lowest BCUT2D eigenvalue weighted by Gasteiger charge is -2.28. The summed E-state index contributed by atoms with van der Waals surface area (Å²) in [6.45, 7) is 5.83. The van der Waals surface area contributed by atoms with Crippen LogP contribution in [0.4, 0.5) is 0 Å². The summed E-state index contributed by atoms with van der Waals surface area (Å²) in [5, 5.41) is 3.98. The van der Waals surface area contributed by atoms with Crippen molar-refractivity contribution in [3.05, 3.63) is 26.7 Å². The third kappa shape index (κ3) is 2.14. The highest BCUT2D eigenvalue weighted by molar-refractivity contribution is 9.10. The first-order valence-electron chi connectivity index (χ1n) is 4.92. The summed E-state index contributed by atoms with van der Waals surface area (Å²) < 4.78 is 6.79. The number of rotatable bonds is 2. The van der Waals surface area contributed by atoms with E-state index < -0.39 is 0 Å². The van der Waals surface area contributed by atoms with Gasteiger partial charge in [-0.3, -0.25) is 0 Å². The highest BCUT2D eigenvalue weighted by Gasteiger charge is 2.20.